The van der Waals surface area contributed by atoms with Gasteiger partial charge in [0.1, 0.15) is 0 Å². The van der Waals surface area contributed by atoms with Crippen LogP contribution in [-0.4, -0.2) is 16.7 Å². The number of alkyl halides is 3. The third-order valence-electron chi connectivity index (χ3n) is 2.64. The van der Waals surface area contributed by atoms with Crippen LogP contribution in [0.5, 0.6) is 0 Å². The lowest BCUT2D eigenvalue weighted by Crippen LogP contribution is -2.09. The van der Waals surface area contributed by atoms with Crippen molar-refractivity contribution in [3.8, 4) is 0 Å². The Balaban J connectivity index is 2.49. The fourth-order valence-corrected chi connectivity index (χ4v) is 1.59. The molecular formula is C10H16F3N3O. The maximum atomic E-state index is 12.2. The molecule has 1 aromatic heterocycles. The lowest BCUT2D eigenvalue weighted by molar-refractivity contribution is -0.146. The zero-order valence-electron chi connectivity index (χ0n) is 9.63. The fourth-order valence-electron chi connectivity index (χ4n) is 1.59. The molecule has 1 heterocycles. The Morgan fingerprint density at radius 1 is 1.35 bits per heavy atom. The molecule has 0 spiro atoms. The minimum Gasteiger partial charge on any atom is -0.339 e. The lowest BCUT2D eigenvalue weighted by Gasteiger charge is -2.11. The molecule has 0 aromatic carbocycles. The van der Waals surface area contributed by atoms with E-state index >= 15 is 0 Å². The quantitative estimate of drug-likeness (QED) is 0.843. The van der Waals surface area contributed by atoms with Gasteiger partial charge < -0.3 is 10.3 Å². The molecule has 4 nitrogen and oxygen atoms in total. The molecule has 1 unspecified atom stereocenters. The van der Waals surface area contributed by atoms with E-state index in [2.05, 4.69) is 14.7 Å². The Labute approximate surface area is 97.4 Å². The summed E-state index contributed by atoms with van der Waals surface area (Å²) in [5.41, 5.74) is 5.43. The Morgan fingerprint density at radius 2 is 2.06 bits per heavy atom. The summed E-state index contributed by atoms with van der Waals surface area (Å²) >= 11 is 0. The topological polar surface area (TPSA) is 64.9 Å². The molecule has 0 amide bonds. The number of nitrogens with zero attached hydrogens (tertiary/aromatic N) is 2. The predicted octanol–water partition coefficient (Wildman–Crippen LogP) is 2.40. The zero-order chi connectivity index (χ0) is 12.9. The maximum absolute atomic E-state index is 12.2. The smallest absolute Gasteiger partial charge is 0.339 e. The van der Waals surface area contributed by atoms with E-state index < -0.39 is 12.0 Å². The Bertz CT molecular complexity index is 338. The second-order valence-corrected chi connectivity index (χ2v) is 3.90. The van der Waals surface area contributed by atoms with E-state index in [0.29, 0.717) is 25.3 Å². The second-order valence-electron chi connectivity index (χ2n) is 3.90. The summed E-state index contributed by atoms with van der Waals surface area (Å²) in [6.45, 7) is 2.60. The van der Waals surface area contributed by atoms with Crippen molar-refractivity contribution in [3.63, 3.8) is 0 Å². The van der Waals surface area contributed by atoms with Gasteiger partial charge in [-0.05, 0) is 25.3 Å². The highest BCUT2D eigenvalue weighted by atomic mass is 19.4. The molecule has 1 rings (SSSR count). The summed E-state index contributed by atoms with van der Waals surface area (Å²) in [6.07, 6.45) is -1.66. The van der Waals surface area contributed by atoms with Gasteiger partial charge in [0, 0.05) is 6.42 Å². The third-order valence-corrected chi connectivity index (χ3v) is 2.64. The summed E-state index contributed by atoms with van der Waals surface area (Å²) < 4.78 is 41.1. The molecule has 0 saturated heterocycles. The van der Waals surface area contributed by atoms with Crippen LogP contribution in [0.15, 0.2) is 4.52 Å². The predicted molar refractivity (Wildman–Crippen MR) is 55.1 cm³/mol. The van der Waals surface area contributed by atoms with Crippen LogP contribution in [0.4, 0.5) is 13.2 Å². The van der Waals surface area contributed by atoms with Gasteiger partial charge in [0.2, 0.25) is 5.89 Å². The first-order valence-corrected chi connectivity index (χ1v) is 5.57. The van der Waals surface area contributed by atoms with E-state index in [1.807, 2.05) is 6.92 Å². The van der Waals surface area contributed by atoms with Crippen LogP contribution in [-0.2, 0) is 12.6 Å². The van der Waals surface area contributed by atoms with Gasteiger partial charge in [-0.15, -0.1) is 0 Å². The number of aryl methyl sites for hydroxylation is 1. The van der Waals surface area contributed by atoms with Crippen molar-refractivity contribution in [2.45, 2.75) is 38.8 Å². The molecule has 0 saturated carbocycles. The standard InChI is InChI=1S/C10H16F3N3O/c1-2-7(5-6-14)3-4-8-15-9(16-17-8)10(11,12)13/h7H,2-6,14H2,1H3. The summed E-state index contributed by atoms with van der Waals surface area (Å²) in [6, 6.07) is 0. The van der Waals surface area contributed by atoms with Crippen molar-refractivity contribution in [2.75, 3.05) is 6.54 Å². The molecule has 2 N–H and O–H groups in total. The Hall–Kier alpha value is -1.11. The molecule has 7 heteroatoms. The zero-order valence-corrected chi connectivity index (χ0v) is 9.63. The highest BCUT2D eigenvalue weighted by Gasteiger charge is 2.37. The van der Waals surface area contributed by atoms with Gasteiger partial charge in [-0.1, -0.05) is 18.5 Å². The first-order chi connectivity index (χ1) is 7.97. The maximum Gasteiger partial charge on any atom is 0.455 e. The molecule has 0 aliphatic carbocycles. The fraction of sp³-hybridized carbons (Fsp3) is 0.800. The molecule has 1 aromatic rings. The van der Waals surface area contributed by atoms with E-state index in [1.54, 1.807) is 0 Å². The third kappa shape index (κ3) is 4.33. The van der Waals surface area contributed by atoms with Crippen LogP contribution in [0.25, 0.3) is 0 Å². The number of rotatable bonds is 6. The van der Waals surface area contributed by atoms with Gasteiger partial charge in [-0.3, -0.25) is 0 Å². The van der Waals surface area contributed by atoms with E-state index in [1.165, 1.54) is 0 Å². The van der Waals surface area contributed by atoms with Crippen LogP contribution in [0.2, 0.25) is 0 Å². The van der Waals surface area contributed by atoms with Crippen LogP contribution in [0.1, 0.15) is 37.9 Å². The molecule has 1 atom stereocenters. The molecular weight excluding hydrogens is 235 g/mol. The minimum atomic E-state index is -4.54. The van der Waals surface area contributed by atoms with Crippen molar-refractivity contribution >= 4 is 0 Å². The van der Waals surface area contributed by atoms with Gasteiger partial charge in [-0.25, -0.2) is 0 Å². The summed E-state index contributed by atoms with van der Waals surface area (Å²) in [5.74, 6) is -0.784. The summed E-state index contributed by atoms with van der Waals surface area (Å²) in [7, 11) is 0. The SMILES string of the molecule is CCC(CCN)CCc1nc(C(F)(F)F)no1. The Morgan fingerprint density at radius 3 is 2.53 bits per heavy atom. The second kappa shape index (κ2) is 6.00. The van der Waals surface area contributed by atoms with Crippen molar-refractivity contribution in [1.82, 2.24) is 10.1 Å². The van der Waals surface area contributed by atoms with Crippen LogP contribution in [0, 0.1) is 5.92 Å². The summed E-state index contributed by atoms with van der Waals surface area (Å²) in [4.78, 5) is 3.31. The molecule has 0 aliphatic rings. The monoisotopic (exact) mass is 251 g/mol. The number of halogens is 3. The molecule has 17 heavy (non-hydrogen) atoms. The molecule has 0 aliphatic heterocycles. The first kappa shape index (κ1) is 14.0. The molecule has 98 valence electrons. The van der Waals surface area contributed by atoms with Crippen molar-refractivity contribution in [1.29, 1.82) is 0 Å². The van der Waals surface area contributed by atoms with Gasteiger partial charge in [0.15, 0.2) is 0 Å². The molecule has 0 fully saturated rings. The van der Waals surface area contributed by atoms with E-state index in [0.717, 1.165) is 12.8 Å². The number of nitrogens with two attached hydrogens (primary N) is 1. The van der Waals surface area contributed by atoms with E-state index in [9.17, 15) is 13.2 Å². The highest BCUT2D eigenvalue weighted by Crippen LogP contribution is 2.26. The first-order valence-electron chi connectivity index (χ1n) is 5.57. The minimum absolute atomic E-state index is 0.0350. The van der Waals surface area contributed by atoms with Crippen LogP contribution >= 0.6 is 0 Å². The average molecular weight is 251 g/mol. The highest BCUT2D eigenvalue weighted by molar-refractivity contribution is 4.91. The Kier molecular flexibility index (Phi) is 4.92. The normalized spacial score (nSPS) is 13.9. The van der Waals surface area contributed by atoms with Crippen LogP contribution in [0.3, 0.4) is 0 Å². The number of hydrogen-bond donors (Lipinski definition) is 1. The largest absolute Gasteiger partial charge is 0.455 e. The number of hydrogen-bond acceptors (Lipinski definition) is 4. The van der Waals surface area contributed by atoms with Crippen molar-refractivity contribution in [3.05, 3.63) is 11.7 Å². The van der Waals surface area contributed by atoms with Gasteiger partial charge in [0.25, 0.3) is 5.82 Å². The van der Waals surface area contributed by atoms with Gasteiger partial charge in [0.05, 0.1) is 0 Å². The number of aromatic nitrogens is 2. The van der Waals surface area contributed by atoms with Gasteiger partial charge >= 0.3 is 6.18 Å². The van der Waals surface area contributed by atoms with Crippen molar-refractivity contribution < 1.29 is 17.7 Å². The summed E-state index contributed by atoms with van der Waals surface area (Å²) in [5, 5.41) is 2.90. The van der Waals surface area contributed by atoms with Gasteiger partial charge in [-0.2, -0.15) is 18.2 Å². The van der Waals surface area contributed by atoms with E-state index in [4.69, 9.17) is 5.73 Å². The molecule has 0 radical (unpaired) electrons. The van der Waals surface area contributed by atoms with Crippen molar-refractivity contribution in [2.24, 2.45) is 11.7 Å². The lowest BCUT2D eigenvalue weighted by atomic mass is 9.97. The van der Waals surface area contributed by atoms with E-state index in [-0.39, 0.29) is 5.89 Å². The average Bonchev–Trinajstić information content (AvgIpc) is 2.72. The van der Waals surface area contributed by atoms with Crippen LogP contribution < -0.4 is 5.73 Å². The molecule has 0 bridgehead atoms.